The van der Waals surface area contributed by atoms with Gasteiger partial charge in [-0.05, 0) is 49.9 Å². The Kier molecular flexibility index (Phi) is 10.2. The molecule has 0 heterocycles. The third-order valence-electron chi connectivity index (χ3n) is 6.60. The third kappa shape index (κ3) is 8.52. The molecule has 6 atom stereocenters. The van der Waals surface area contributed by atoms with Crippen molar-refractivity contribution in [1.29, 1.82) is 0 Å². The lowest BCUT2D eigenvalue weighted by Gasteiger charge is -2.22. The molecule has 0 radical (unpaired) electrons. The van der Waals surface area contributed by atoms with Gasteiger partial charge in [-0.3, -0.25) is 4.79 Å². The summed E-state index contributed by atoms with van der Waals surface area (Å²) in [7, 11) is 1.43. The molecule has 0 spiro atoms. The number of aliphatic hydroxyl groups is 2. The largest absolute Gasteiger partial charge is 0.469 e. The van der Waals surface area contributed by atoms with Gasteiger partial charge in [-0.1, -0.05) is 51.2 Å². The Morgan fingerprint density at radius 1 is 1.24 bits per heavy atom. The monoisotopic (exact) mass is 404 g/mol. The van der Waals surface area contributed by atoms with E-state index in [0.717, 1.165) is 44.9 Å². The lowest BCUT2D eigenvalue weighted by molar-refractivity contribution is -0.140. The summed E-state index contributed by atoms with van der Waals surface area (Å²) in [4.78, 5) is 11.2. The van der Waals surface area contributed by atoms with E-state index in [2.05, 4.69) is 29.6 Å². The van der Waals surface area contributed by atoms with E-state index in [1.807, 2.05) is 13.0 Å². The first kappa shape index (κ1) is 24.0. The molecule has 0 saturated heterocycles. The fourth-order valence-corrected chi connectivity index (χ4v) is 4.37. The van der Waals surface area contributed by atoms with Crippen LogP contribution in [0.15, 0.2) is 12.2 Å². The second kappa shape index (κ2) is 12.4. The van der Waals surface area contributed by atoms with Gasteiger partial charge in [-0.25, -0.2) is 0 Å². The molecule has 0 bridgehead atoms. The van der Waals surface area contributed by atoms with E-state index in [1.165, 1.54) is 20.0 Å². The highest BCUT2D eigenvalue weighted by molar-refractivity contribution is 5.68. The van der Waals surface area contributed by atoms with E-state index >= 15 is 0 Å². The Morgan fingerprint density at radius 3 is 2.66 bits per heavy atom. The summed E-state index contributed by atoms with van der Waals surface area (Å²) >= 11 is 0. The molecule has 2 saturated carbocycles. The molecule has 2 fully saturated rings. The van der Waals surface area contributed by atoms with Crippen LogP contribution in [0.4, 0.5) is 0 Å². The van der Waals surface area contributed by atoms with Crippen molar-refractivity contribution in [3.8, 4) is 11.8 Å². The molecular formula is C25H40O4. The summed E-state index contributed by atoms with van der Waals surface area (Å²) < 4.78 is 4.67. The second-order valence-corrected chi connectivity index (χ2v) is 9.20. The Balaban J connectivity index is 1.75. The summed E-state index contributed by atoms with van der Waals surface area (Å²) in [5, 5.41) is 21.0. The molecule has 4 heteroatoms. The van der Waals surface area contributed by atoms with Crippen molar-refractivity contribution >= 4 is 5.97 Å². The van der Waals surface area contributed by atoms with E-state index in [9.17, 15) is 15.0 Å². The van der Waals surface area contributed by atoms with Crippen molar-refractivity contribution in [3.05, 3.63) is 12.2 Å². The average Bonchev–Trinajstić information content (AvgIpc) is 3.47. The Morgan fingerprint density at radius 2 is 1.97 bits per heavy atom. The predicted octanol–water partition coefficient (Wildman–Crippen LogP) is 4.49. The van der Waals surface area contributed by atoms with Gasteiger partial charge >= 0.3 is 5.97 Å². The van der Waals surface area contributed by atoms with E-state index in [0.29, 0.717) is 24.2 Å². The maximum atomic E-state index is 11.2. The quantitative estimate of drug-likeness (QED) is 0.230. The molecule has 0 aliphatic heterocycles. The fraction of sp³-hybridized carbons (Fsp3) is 0.800. The molecule has 0 amide bonds. The number of ether oxygens (including phenoxy) is 1. The highest BCUT2D eigenvalue weighted by Crippen LogP contribution is 2.41. The number of aliphatic hydroxyl groups excluding tert-OH is 2. The smallest absolute Gasteiger partial charge is 0.305 e. The third-order valence-corrected chi connectivity index (χ3v) is 6.60. The average molecular weight is 405 g/mol. The van der Waals surface area contributed by atoms with Crippen molar-refractivity contribution in [1.82, 2.24) is 0 Å². The minimum absolute atomic E-state index is 0.113. The number of rotatable bonds is 11. The number of esters is 1. The van der Waals surface area contributed by atoms with Crippen LogP contribution in [0.3, 0.4) is 0 Å². The minimum Gasteiger partial charge on any atom is -0.469 e. The van der Waals surface area contributed by atoms with Crippen LogP contribution < -0.4 is 0 Å². The van der Waals surface area contributed by atoms with Crippen LogP contribution >= 0.6 is 0 Å². The molecule has 2 rings (SSSR count). The Labute approximate surface area is 177 Å². The minimum atomic E-state index is -0.509. The normalized spacial score (nSPS) is 28.7. The zero-order valence-corrected chi connectivity index (χ0v) is 18.5. The first-order valence-electron chi connectivity index (χ1n) is 11.5. The molecule has 29 heavy (non-hydrogen) atoms. The van der Waals surface area contributed by atoms with Crippen molar-refractivity contribution in [2.24, 2.45) is 29.6 Å². The van der Waals surface area contributed by atoms with Crippen LogP contribution in [-0.4, -0.2) is 35.5 Å². The van der Waals surface area contributed by atoms with E-state index in [-0.39, 0.29) is 23.9 Å². The van der Waals surface area contributed by atoms with Gasteiger partial charge in [0, 0.05) is 24.7 Å². The zero-order valence-electron chi connectivity index (χ0n) is 18.5. The first-order chi connectivity index (χ1) is 13.9. The van der Waals surface area contributed by atoms with E-state index < -0.39 is 6.10 Å². The maximum absolute atomic E-state index is 11.2. The van der Waals surface area contributed by atoms with Crippen LogP contribution in [0.2, 0.25) is 0 Å². The van der Waals surface area contributed by atoms with Crippen LogP contribution in [0, 0.1) is 41.4 Å². The molecule has 164 valence electrons. The number of carbonyl (C=O) groups excluding carboxylic acids is 1. The van der Waals surface area contributed by atoms with Gasteiger partial charge in [-0.15, -0.1) is 5.92 Å². The van der Waals surface area contributed by atoms with Crippen molar-refractivity contribution < 1.29 is 19.7 Å². The molecule has 2 aliphatic rings. The summed E-state index contributed by atoms with van der Waals surface area (Å²) in [5.74, 6) is 8.13. The highest BCUT2D eigenvalue weighted by atomic mass is 16.5. The summed E-state index contributed by atoms with van der Waals surface area (Å²) in [6.07, 6.45) is 12.9. The number of hydrogen-bond donors (Lipinski definition) is 2. The Bertz CT molecular complexity index is 583. The van der Waals surface area contributed by atoms with Crippen LogP contribution in [0.25, 0.3) is 0 Å². The number of carbonyl (C=O) groups is 1. The first-order valence-corrected chi connectivity index (χ1v) is 11.5. The molecule has 4 nitrogen and oxygen atoms in total. The van der Waals surface area contributed by atoms with Gasteiger partial charge in [0.25, 0.3) is 0 Å². The fourth-order valence-electron chi connectivity index (χ4n) is 4.37. The molecule has 2 aliphatic carbocycles. The standard InChI is InChI=1S/C25H40O4/c1-18(9-8-10-20-13-14-20)23(26)16-15-22-21(19(2)17-24(22)27)11-6-4-5-7-12-25(28)29-3/h15-16,18-24,26-27H,4-7,9,11-14,17H2,1-3H3/b16-15+/t18-,19-,21-,22+,23+,24+/m0/s1. The van der Waals surface area contributed by atoms with Crippen molar-refractivity contribution in [2.75, 3.05) is 7.11 Å². The molecule has 0 unspecified atom stereocenters. The topological polar surface area (TPSA) is 66.8 Å². The summed E-state index contributed by atoms with van der Waals surface area (Å²) in [5.41, 5.74) is 0. The maximum Gasteiger partial charge on any atom is 0.305 e. The van der Waals surface area contributed by atoms with Crippen molar-refractivity contribution in [3.63, 3.8) is 0 Å². The van der Waals surface area contributed by atoms with Gasteiger partial charge in [0.15, 0.2) is 0 Å². The molecule has 0 aromatic carbocycles. The van der Waals surface area contributed by atoms with E-state index in [4.69, 9.17) is 0 Å². The SMILES string of the molecule is COC(=O)CCCCCC[C@@H]1[C@@H](/C=C/[C@@H](O)[C@@H](C)CC#CC2CC2)[C@H](O)C[C@@H]1C. The van der Waals surface area contributed by atoms with Gasteiger partial charge < -0.3 is 14.9 Å². The lowest BCUT2D eigenvalue weighted by atomic mass is 9.84. The number of methoxy groups -OCH3 is 1. The molecular weight excluding hydrogens is 364 g/mol. The predicted molar refractivity (Wildman–Crippen MR) is 116 cm³/mol. The Hall–Kier alpha value is -1.31. The van der Waals surface area contributed by atoms with Crippen LogP contribution in [0.1, 0.15) is 78.1 Å². The number of unbranched alkanes of at least 4 members (excludes halogenated alkanes) is 3. The summed E-state index contributed by atoms with van der Waals surface area (Å²) in [6, 6.07) is 0. The van der Waals surface area contributed by atoms with Gasteiger partial charge in [0.1, 0.15) is 0 Å². The second-order valence-electron chi connectivity index (χ2n) is 9.20. The van der Waals surface area contributed by atoms with Crippen molar-refractivity contribution in [2.45, 2.75) is 90.3 Å². The highest BCUT2D eigenvalue weighted by Gasteiger charge is 2.38. The van der Waals surface area contributed by atoms with Gasteiger partial charge in [0.05, 0.1) is 19.3 Å². The van der Waals surface area contributed by atoms with Crippen LogP contribution in [0.5, 0.6) is 0 Å². The number of hydrogen-bond acceptors (Lipinski definition) is 4. The molecule has 0 aromatic rings. The van der Waals surface area contributed by atoms with E-state index in [1.54, 1.807) is 0 Å². The molecule has 2 N–H and O–H groups in total. The zero-order chi connectivity index (χ0) is 21.2. The lowest BCUT2D eigenvalue weighted by Crippen LogP contribution is -2.20. The van der Waals surface area contributed by atoms with Gasteiger partial charge in [0.2, 0.25) is 0 Å². The summed E-state index contributed by atoms with van der Waals surface area (Å²) in [6.45, 7) is 4.27. The molecule has 0 aromatic heterocycles. The van der Waals surface area contributed by atoms with Crippen LogP contribution in [-0.2, 0) is 9.53 Å². The van der Waals surface area contributed by atoms with Gasteiger partial charge in [-0.2, -0.15) is 0 Å².